The molecule has 1 heterocycles. The summed E-state index contributed by atoms with van der Waals surface area (Å²) in [5.74, 6) is -0.240. The van der Waals surface area contributed by atoms with Crippen LogP contribution in [-0.2, 0) is 13.6 Å². The number of benzene rings is 1. The van der Waals surface area contributed by atoms with Crippen molar-refractivity contribution in [1.82, 2.24) is 9.78 Å². The standard InChI is InChI=1S/C12H12F3N3O/c1-18-7-6-10(17-18)8-16-9-2-4-11(5-3-9)19-12(13,14)15/h2-7,16H,8H2,1H3. The molecule has 0 atom stereocenters. The molecular weight excluding hydrogens is 259 g/mol. The van der Waals surface area contributed by atoms with E-state index in [1.807, 2.05) is 19.3 Å². The van der Waals surface area contributed by atoms with Gasteiger partial charge in [-0.2, -0.15) is 5.10 Å². The zero-order valence-electron chi connectivity index (χ0n) is 10.1. The molecule has 0 radical (unpaired) electrons. The summed E-state index contributed by atoms with van der Waals surface area (Å²) in [7, 11) is 1.81. The Morgan fingerprint density at radius 3 is 2.42 bits per heavy atom. The smallest absolute Gasteiger partial charge is 0.406 e. The number of anilines is 1. The van der Waals surface area contributed by atoms with Crippen molar-refractivity contribution >= 4 is 5.69 Å². The van der Waals surface area contributed by atoms with Crippen molar-refractivity contribution in [2.24, 2.45) is 7.05 Å². The molecule has 0 unspecified atom stereocenters. The number of alkyl halides is 3. The maximum Gasteiger partial charge on any atom is 0.573 e. The van der Waals surface area contributed by atoms with Gasteiger partial charge in [-0.25, -0.2) is 0 Å². The molecule has 0 aliphatic heterocycles. The van der Waals surface area contributed by atoms with Gasteiger partial charge in [0.15, 0.2) is 0 Å². The summed E-state index contributed by atoms with van der Waals surface area (Å²) >= 11 is 0. The number of rotatable bonds is 4. The van der Waals surface area contributed by atoms with Gasteiger partial charge < -0.3 is 10.1 Å². The van der Waals surface area contributed by atoms with Crippen LogP contribution in [0.5, 0.6) is 5.75 Å². The highest BCUT2D eigenvalue weighted by atomic mass is 19.4. The van der Waals surface area contributed by atoms with Gasteiger partial charge in [-0.1, -0.05) is 0 Å². The SMILES string of the molecule is Cn1ccc(CNc2ccc(OC(F)(F)F)cc2)n1. The molecule has 0 aliphatic carbocycles. The second kappa shape index (κ2) is 5.21. The third kappa shape index (κ3) is 4.20. The molecule has 1 aromatic heterocycles. The largest absolute Gasteiger partial charge is 0.573 e. The molecule has 0 spiro atoms. The Bertz CT molecular complexity index is 534. The van der Waals surface area contributed by atoms with Gasteiger partial charge in [-0.15, -0.1) is 13.2 Å². The fourth-order valence-electron chi connectivity index (χ4n) is 1.52. The lowest BCUT2D eigenvalue weighted by Crippen LogP contribution is -2.17. The van der Waals surface area contributed by atoms with Crippen molar-refractivity contribution in [2.75, 3.05) is 5.32 Å². The predicted octanol–water partition coefficient (Wildman–Crippen LogP) is 2.93. The minimum absolute atomic E-state index is 0.240. The first-order valence-electron chi connectivity index (χ1n) is 5.50. The number of hydrogen-bond acceptors (Lipinski definition) is 3. The molecular formula is C12H12F3N3O. The molecule has 0 fully saturated rings. The molecule has 0 aliphatic rings. The Morgan fingerprint density at radius 1 is 1.21 bits per heavy atom. The number of hydrogen-bond donors (Lipinski definition) is 1. The Morgan fingerprint density at radius 2 is 1.89 bits per heavy atom. The molecule has 2 aromatic rings. The van der Waals surface area contributed by atoms with E-state index < -0.39 is 6.36 Å². The molecule has 0 amide bonds. The van der Waals surface area contributed by atoms with Crippen molar-refractivity contribution in [1.29, 1.82) is 0 Å². The van der Waals surface area contributed by atoms with Gasteiger partial charge in [0.2, 0.25) is 0 Å². The highest BCUT2D eigenvalue weighted by molar-refractivity contribution is 5.46. The molecule has 102 valence electrons. The number of aryl methyl sites for hydroxylation is 1. The van der Waals surface area contributed by atoms with Crippen molar-refractivity contribution in [3.05, 3.63) is 42.2 Å². The first kappa shape index (κ1) is 13.3. The monoisotopic (exact) mass is 271 g/mol. The summed E-state index contributed by atoms with van der Waals surface area (Å²) in [4.78, 5) is 0. The van der Waals surface area contributed by atoms with Crippen LogP contribution in [0.2, 0.25) is 0 Å². The van der Waals surface area contributed by atoms with E-state index in [4.69, 9.17) is 0 Å². The van der Waals surface area contributed by atoms with Gasteiger partial charge in [0.25, 0.3) is 0 Å². The van der Waals surface area contributed by atoms with Gasteiger partial charge in [-0.05, 0) is 30.3 Å². The molecule has 0 bridgehead atoms. The summed E-state index contributed by atoms with van der Waals surface area (Å²) in [6.45, 7) is 0.500. The molecule has 0 saturated carbocycles. The molecule has 4 nitrogen and oxygen atoms in total. The lowest BCUT2D eigenvalue weighted by Gasteiger charge is -2.09. The topological polar surface area (TPSA) is 39.1 Å². The van der Waals surface area contributed by atoms with E-state index in [9.17, 15) is 13.2 Å². The van der Waals surface area contributed by atoms with Crippen LogP contribution >= 0.6 is 0 Å². The minimum Gasteiger partial charge on any atom is -0.406 e. The third-order valence-electron chi connectivity index (χ3n) is 2.33. The van der Waals surface area contributed by atoms with Crippen molar-refractivity contribution in [3.8, 4) is 5.75 Å². The average molecular weight is 271 g/mol. The van der Waals surface area contributed by atoms with Crippen molar-refractivity contribution < 1.29 is 17.9 Å². The van der Waals surface area contributed by atoms with E-state index in [0.29, 0.717) is 12.2 Å². The van der Waals surface area contributed by atoms with Gasteiger partial charge >= 0.3 is 6.36 Å². The number of ether oxygens (including phenoxy) is 1. The predicted molar refractivity (Wildman–Crippen MR) is 63.7 cm³/mol. The summed E-state index contributed by atoms with van der Waals surface area (Å²) < 4.78 is 41.4. The zero-order valence-corrected chi connectivity index (χ0v) is 10.1. The van der Waals surface area contributed by atoms with Crippen LogP contribution in [0.4, 0.5) is 18.9 Å². The van der Waals surface area contributed by atoms with E-state index in [-0.39, 0.29) is 5.75 Å². The summed E-state index contributed by atoms with van der Waals surface area (Å²) in [5.41, 5.74) is 1.54. The Labute approximate surface area is 107 Å². The Balaban J connectivity index is 1.91. The van der Waals surface area contributed by atoms with E-state index in [0.717, 1.165) is 5.69 Å². The minimum atomic E-state index is -4.66. The molecule has 19 heavy (non-hydrogen) atoms. The first-order chi connectivity index (χ1) is 8.92. The molecule has 1 N–H and O–H groups in total. The van der Waals surface area contributed by atoms with Crippen LogP contribution in [0.25, 0.3) is 0 Å². The number of aromatic nitrogens is 2. The lowest BCUT2D eigenvalue weighted by atomic mass is 10.3. The maximum atomic E-state index is 12.0. The molecule has 7 heteroatoms. The van der Waals surface area contributed by atoms with E-state index in [1.165, 1.54) is 24.3 Å². The van der Waals surface area contributed by atoms with Crippen LogP contribution in [-0.4, -0.2) is 16.1 Å². The van der Waals surface area contributed by atoms with Crippen LogP contribution in [0, 0.1) is 0 Å². The highest BCUT2D eigenvalue weighted by Crippen LogP contribution is 2.24. The van der Waals surface area contributed by atoms with Crippen LogP contribution in [0.3, 0.4) is 0 Å². The second-order valence-electron chi connectivity index (χ2n) is 3.91. The maximum absolute atomic E-state index is 12.0. The zero-order chi connectivity index (χ0) is 13.9. The Hall–Kier alpha value is -2.18. The molecule has 1 aromatic carbocycles. The van der Waals surface area contributed by atoms with Gasteiger partial charge in [0, 0.05) is 18.9 Å². The average Bonchev–Trinajstić information content (AvgIpc) is 2.72. The lowest BCUT2D eigenvalue weighted by molar-refractivity contribution is -0.274. The van der Waals surface area contributed by atoms with Crippen molar-refractivity contribution in [2.45, 2.75) is 12.9 Å². The third-order valence-corrected chi connectivity index (χ3v) is 2.33. The van der Waals surface area contributed by atoms with Crippen molar-refractivity contribution in [3.63, 3.8) is 0 Å². The van der Waals surface area contributed by atoms with Gasteiger partial charge in [-0.3, -0.25) is 4.68 Å². The van der Waals surface area contributed by atoms with E-state index >= 15 is 0 Å². The number of nitrogens with one attached hydrogen (secondary N) is 1. The highest BCUT2D eigenvalue weighted by Gasteiger charge is 2.30. The quantitative estimate of drug-likeness (QED) is 0.929. The van der Waals surface area contributed by atoms with Crippen LogP contribution in [0.1, 0.15) is 5.69 Å². The van der Waals surface area contributed by atoms with Crippen LogP contribution in [0.15, 0.2) is 36.5 Å². The van der Waals surface area contributed by atoms with E-state index in [1.54, 1.807) is 4.68 Å². The fraction of sp³-hybridized carbons (Fsp3) is 0.250. The summed E-state index contributed by atoms with van der Waals surface area (Å²) in [6, 6.07) is 7.41. The molecule has 0 saturated heterocycles. The van der Waals surface area contributed by atoms with Gasteiger partial charge in [0.1, 0.15) is 5.75 Å². The van der Waals surface area contributed by atoms with E-state index in [2.05, 4.69) is 15.2 Å². The van der Waals surface area contributed by atoms with Gasteiger partial charge in [0.05, 0.1) is 12.2 Å². The fourth-order valence-corrected chi connectivity index (χ4v) is 1.52. The summed E-state index contributed by atoms with van der Waals surface area (Å²) in [5, 5.41) is 7.22. The number of halogens is 3. The summed E-state index contributed by atoms with van der Waals surface area (Å²) in [6.07, 6.45) is -2.85. The Kier molecular flexibility index (Phi) is 3.64. The normalized spacial score (nSPS) is 11.4. The second-order valence-corrected chi connectivity index (χ2v) is 3.91. The number of nitrogens with zero attached hydrogens (tertiary/aromatic N) is 2. The first-order valence-corrected chi connectivity index (χ1v) is 5.50. The van der Waals surface area contributed by atoms with Crippen LogP contribution < -0.4 is 10.1 Å². The molecule has 2 rings (SSSR count).